The molecule has 94 valence electrons. The summed E-state index contributed by atoms with van der Waals surface area (Å²) in [7, 11) is 1.83. The third-order valence-corrected chi connectivity index (χ3v) is 3.55. The lowest BCUT2D eigenvalue weighted by atomic mass is 10.1. The summed E-state index contributed by atoms with van der Waals surface area (Å²) < 4.78 is 14.7. The quantitative estimate of drug-likeness (QED) is 0.709. The minimum absolute atomic E-state index is 0.250. The van der Waals surface area contributed by atoms with Crippen molar-refractivity contribution >= 4 is 38.9 Å². The van der Waals surface area contributed by atoms with Crippen LogP contribution in [0.25, 0.3) is 0 Å². The zero-order valence-corrected chi connectivity index (χ0v) is 12.2. The molecule has 0 aliphatic heterocycles. The molecule has 2 aromatic rings. The first-order valence-electron chi connectivity index (χ1n) is 5.46. The van der Waals surface area contributed by atoms with Gasteiger partial charge in [-0.3, -0.25) is 0 Å². The number of hydrogen-bond acceptors (Lipinski definition) is 1. The molecule has 0 aliphatic carbocycles. The molecule has 0 heterocycles. The van der Waals surface area contributed by atoms with Crippen molar-refractivity contribution in [2.75, 3.05) is 11.9 Å². The van der Waals surface area contributed by atoms with Gasteiger partial charge < -0.3 is 4.90 Å². The summed E-state index contributed by atoms with van der Waals surface area (Å²) in [6, 6.07) is 12.5. The molecule has 0 unspecified atom stereocenters. The third-order valence-electron chi connectivity index (χ3n) is 2.77. The smallest absolute Gasteiger partial charge is 0.146 e. The van der Waals surface area contributed by atoms with Crippen molar-refractivity contribution in [3.8, 4) is 0 Å². The minimum Gasteiger partial charge on any atom is -0.342 e. The second kappa shape index (κ2) is 5.72. The largest absolute Gasteiger partial charge is 0.342 e. The fourth-order valence-electron chi connectivity index (χ4n) is 1.82. The molecule has 0 bridgehead atoms. The number of hydrogen-bond donors (Lipinski definition) is 0. The van der Waals surface area contributed by atoms with Crippen LogP contribution < -0.4 is 4.90 Å². The molecule has 0 fully saturated rings. The van der Waals surface area contributed by atoms with Gasteiger partial charge in [-0.15, -0.1) is 11.6 Å². The molecule has 0 N–H and O–H groups in total. The number of nitrogens with zero attached hydrogens (tertiary/aromatic N) is 1. The molecule has 0 aliphatic rings. The lowest BCUT2D eigenvalue weighted by Crippen LogP contribution is -2.13. The van der Waals surface area contributed by atoms with E-state index in [0.29, 0.717) is 11.6 Å². The number of anilines is 2. The molecule has 1 nitrogen and oxygen atoms in total. The summed E-state index contributed by atoms with van der Waals surface area (Å²) in [6.07, 6.45) is 0. The molecule has 0 saturated carbocycles. The third kappa shape index (κ3) is 2.68. The average molecular weight is 329 g/mol. The van der Waals surface area contributed by atoms with Gasteiger partial charge in [-0.25, -0.2) is 4.39 Å². The maximum Gasteiger partial charge on any atom is 0.146 e. The van der Waals surface area contributed by atoms with Crippen LogP contribution in [0, 0.1) is 5.82 Å². The van der Waals surface area contributed by atoms with Crippen LogP contribution in [0.2, 0.25) is 0 Å². The van der Waals surface area contributed by atoms with Crippen LogP contribution in [-0.2, 0) is 5.88 Å². The highest BCUT2D eigenvalue weighted by molar-refractivity contribution is 9.10. The predicted molar refractivity (Wildman–Crippen MR) is 78.2 cm³/mol. The predicted octanol–water partition coefficient (Wildman–Crippen LogP) is 5.09. The molecule has 0 radical (unpaired) electrons. The molecular weight excluding hydrogens is 317 g/mol. The Balaban J connectivity index is 2.48. The average Bonchev–Trinajstić information content (AvgIpc) is 2.38. The lowest BCUT2D eigenvalue weighted by molar-refractivity contribution is 0.627. The van der Waals surface area contributed by atoms with Crippen LogP contribution in [0.4, 0.5) is 15.8 Å². The molecule has 0 amide bonds. The molecule has 0 atom stereocenters. The second-order valence-electron chi connectivity index (χ2n) is 3.92. The highest BCUT2D eigenvalue weighted by Gasteiger charge is 2.12. The van der Waals surface area contributed by atoms with E-state index in [1.54, 1.807) is 17.0 Å². The van der Waals surface area contributed by atoms with Crippen molar-refractivity contribution in [2.45, 2.75) is 5.88 Å². The van der Waals surface area contributed by atoms with E-state index in [0.717, 1.165) is 15.7 Å². The normalized spacial score (nSPS) is 10.4. The van der Waals surface area contributed by atoms with Gasteiger partial charge in [0.2, 0.25) is 0 Å². The van der Waals surface area contributed by atoms with E-state index in [1.165, 1.54) is 6.07 Å². The first-order chi connectivity index (χ1) is 8.63. The first-order valence-corrected chi connectivity index (χ1v) is 6.79. The van der Waals surface area contributed by atoms with Gasteiger partial charge in [-0.1, -0.05) is 34.1 Å². The highest BCUT2D eigenvalue weighted by atomic mass is 79.9. The van der Waals surface area contributed by atoms with E-state index in [9.17, 15) is 4.39 Å². The molecule has 4 heteroatoms. The Kier molecular flexibility index (Phi) is 4.25. The lowest BCUT2D eigenvalue weighted by Gasteiger charge is -2.22. The molecule has 2 aromatic carbocycles. The van der Waals surface area contributed by atoms with Gasteiger partial charge in [0, 0.05) is 23.1 Å². The Morgan fingerprint density at radius 1 is 1.17 bits per heavy atom. The maximum atomic E-state index is 13.8. The van der Waals surface area contributed by atoms with Crippen molar-refractivity contribution in [3.63, 3.8) is 0 Å². The van der Waals surface area contributed by atoms with Crippen molar-refractivity contribution in [1.82, 2.24) is 0 Å². The van der Waals surface area contributed by atoms with Gasteiger partial charge in [-0.2, -0.15) is 0 Å². The van der Waals surface area contributed by atoms with Gasteiger partial charge >= 0.3 is 0 Å². The minimum atomic E-state index is -0.250. The molecular formula is C14H12BrClFN. The van der Waals surface area contributed by atoms with E-state index < -0.39 is 0 Å². The van der Waals surface area contributed by atoms with Crippen molar-refractivity contribution in [3.05, 3.63) is 58.3 Å². The topological polar surface area (TPSA) is 3.24 Å². The van der Waals surface area contributed by atoms with Gasteiger partial charge in [0.05, 0.1) is 5.69 Å². The Hall–Kier alpha value is -1.06. The van der Waals surface area contributed by atoms with Crippen LogP contribution in [0.3, 0.4) is 0 Å². The zero-order valence-electron chi connectivity index (χ0n) is 9.83. The Labute approximate surface area is 119 Å². The van der Waals surface area contributed by atoms with E-state index in [1.807, 2.05) is 31.3 Å². The summed E-state index contributed by atoms with van der Waals surface area (Å²) >= 11 is 9.34. The van der Waals surface area contributed by atoms with Crippen molar-refractivity contribution in [1.29, 1.82) is 0 Å². The SMILES string of the molecule is CN(c1ccccc1F)c1cc(Br)ccc1CCl. The summed E-state index contributed by atoms with van der Waals surface area (Å²) in [5, 5.41) is 0. The molecule has 2 rings (SSSR count). The van der Waals surface area contributed by atoms with Gasteiger partial charge in [0.1, 0.15) is 5.82 Å². The van der Waals surface area contributed by atoms with E-state index in [2.05, 4.69) is 15.9 Å². The summed E-state index contributed by atoms with van der Waals surface area (Å²) in [5.41, 5.74) is 2.39. The highest BCUT2D eigenvalue weighted by Crippen LogP contribution is 2.32. The van der Waals surface area contributed by atoms with E-state index in [4.69, 9.17) is 11.6 Å². The fourth-order valence-corrected chi connectivity index (χ4v) is 2.39. The Bertz CT molecular complexity index is 559. The zero-order chi connectivity index (χ0) is 13.1. The first kappa shape index (κ1) is 13.4. The van der Waals surface area contributed by atoms with Gasteiger partial charge in [0.15, 0.2) is 0 Å². The number of para-hydroxylation sites is 1. The van der Waals surface area contributed by atoms with Crippen molar-refractivity contribution < 1.29 is 4.39 Å². The van der Waals surface area contributed by atoms with Crippen LogP contribution in [-0.4, -0.2) is 7.05 Å². The molecule has 0 aromatic heterocycles. The van der Waals surface area contributed by atoms with E-state index >= 15 is 0 Å². The Morgan fingerprint density at radius 3 is 2.56 bits per heavy atom. The number of halogens is 3. The Morgan fingerprint density at radius 2 is 1.89 bits per heavy atom. The standard InChI is InChI=1S/C14H12BrClFN/c1-18(13-5-3-2-4-12(13)17)14-8-11(15)7-6-10(14)9-16/h2-8H,9H2,1H3. The van der Waals surface area contributed by atoms with Gasteiger partial charge in [-0.05, 0) is 29.8 Å². The van der Waals surface area contributed by atoms with E-state index in [-0.39, 0.29) is 5.82 Å². The van der Waals surface area contributed by atoms with Crippen LogP contribution in [0.1, 0.15) is 5.56 Å². The van der Waals surface area contributed by atoms with Crippen molar-refractivity contribution in [2.24, 2.45) is 0 Å². The summed E-state index contributed by atoms with van der Waals surface area (Å²) in [4.78, 5) is 1.80. The molecule has 0 spiro atoms. The fraction of sp³-hybridized carbons (Fsp3) is 0.143. The molecule has 0 saturated heterocycles. The summed E-state index contributed by atoms with van der Waals surface area (Å²) in [6.45, 7) is 0. The maximum absolute atomic E-state index is 13.8. The number of alkyl halides is 1. The monoisotopic (exact) mass is 327 g/mol. The van der Waals surface area contributed by atoms with Crippen LogP contribution in [0.15, 0.2) is 46.9 Å². The van der Waals surface area contributed by atoms with Crippen LogP contribution >= 0.6 is 27.5 Å². The molecule has 18 heavy (non-hydrogen) atoms. The second-order valence-corrected chi connectivity index (χ2v) is 5.10. The number of benzene rings is 2. The number of rotatable bonds is 3. The van der Waals surface area contributed by atoms with Crippen LogP contribution in [0.5, 0.6) is 0 Å². The summed E-state index contributed by atoms with van der Waals surface area (Å²) in [5.74, 6) is 0.141. The van der Waals surface area contributed by atoms with Gasteiger partial charge in [0.25, 0.3) is 0 Å².